The Labute approximate surface area is 188 Å². The Morgan fingerprint density at radius 3 is 2.64 bits per heavy atom. The molecule has 0 aliphatic carbocycles. The van der Waals surface area contributed by atoms with Crippen molar-refractivity contribution >= 4 is 23.4 Å². The SMILES string of the molecule is CC12CCC(=O)N1c1ccccc1C(=O)N2CCCC(=O)N(Cc1ccco1)CC(F)(F)F. The summed E-state index contributed by atoms with van der Waals surface area (Å²) in [4.78, 5) is 42.3. The quantitative estimate of drug-likeness (QED) is 0.623. The minimum atomic E-state index is -4.55. The third-order valence-corrected chi connectivity index (χ3v) is 6.17. The maximum Gasteiger partial charge on any atom is 0.406 e. The van der Waals surface area contributed by atoms with Crippen molar-refractivity contribution in [2.24, 2.45) is 0 Å². The van der Waals surface area contributed by atoms with E-state index in [9.17, 15) is 27.6 Å². The summed E-state index contributed by atoms with van der Waals surface area (Å²) in [5, 5.41) is 0. The topological polar surface area (TPSA) is 74.1 Å². The van der Waals surface area contributed by atoms with E-state index < -0.39 is 24.3 Å². The molecule has 176 valence electrons. The number of nitrogens with zero attached hydrogens (tertiary/aromatic N) is 3. The van der Waals surface area contributed by atoms with Gasteiger partial charge >= 0.3 is 6.18 Å². The fourth-order valence-electron chi connectivity index (χ4n) is 4.63. The number of anilines is 1. The van der Waals surface area contributed by atoms with Crippen molar-refractivity contribution in [1.82, 2.24) is 9.80 Å². The van der Waals surface area contributed by atoms with Gasteiger partial charge in [0.15, 0.2) is 0 Å². The van der Waals surface area contributed by atoms with Crippen LogP contribution in [0.5, 0.6) is 0 Å². The van der Waals surface area contributed by atoms with Crippen molar-refractivity contribution in [3.8, 4) is 0 Å². The summed E-state index contributed by atoms with van der Waals surface area (Å²) in [5.74, 6) is -0.774. The number of hydrogen-bond acceptors (Lipinski definition) is 4. The van der Waals surface area contributed by atoms with Gasteiger partial charge in [-0.15, -0.1) is 0 Å². The third-order valence-electron chi connectivity index (χ3n) is 6.17. The van der Waals surface area contributed by atoms with Gasteiger partial charge in [0.2, 0.25) is 11.8 Å². The van der Waals surface area contributed by atoms with Gasteiger partial charge in [-0.3, -0.25) is 19.3 Å². The number of alkyl halides is 3. The Bertz CT molecular complexity index is 1050. The average Bonchev–Trinajstić information content (AvgIpc) is 3.37. The fourth-order valence-corrected chi connectivity index (χ4v) is 4.63. The Morgan fingerprint density at radius 2 is 1.94 bits per heavy atom. The lowest BCUT2D eigenvalue weighted by molar-refractivity contribution is -0.163. The second-order valence-corrected chi connectivity index (χ2v) is 8.47. The molecule has 3 amide bonds. The van der Waals surface area contributed by atoms with E-state index in [2.05, 4.69) is 0 Å². The standard InChI is InChI=1S/C23H24F3N3O4/c1-22-11-10-20(31)29(22)18-8-3-2-7-17(18)21(32)28(22)12-4-9-19(30)27(15-23(24,25)26)14-16-6-5-13-33-16/h2-3,5-8,13H,4,9-12,14-15H2,1H3. The van der Waals surface area contributed by atoms with Crippen LogP contribution in [-0.2, 0) is 16.1 Å². The monoisotopic (exact) mass is 463 g/mol. The number of benzene rings is 1. The molecule has 0 saturated carbocycles. The van der Waals surface area contributed by atoms with Gasteiger partial charge in [0.25, 0.3) is 5.91 Å². The number of carbonyl (C=O) groups excluding carboxylic acids is 3. The molecule has 2 aliphatic rings. The highest BCUT2D eigenvalue weighted by Gasteiger charge is 2.52. The molecule has 1 fully saturated rings. The van der Waals surface area contributed by atoms with Crippen molar-refractivity contribution in [1.29, 1.82) is 0 Å². The van der Waals surface area contributed by atoms with E-state index in [4.69, 9.17) is 4.42 Å². The molecule has 1 unspecified atom stereocenters. The minimum absolute atomic E-state index is 0.0895. The van der Waals surface area contributed by atoms with Gasteiger partial charge in [-0.1, -0.05) is 12.1 Å². The lowest BCUT2D eigenvalue weighted by atomic mass is 9.98. The smallest absolute Gasteiger partial charge is 0.406 e. The Hall–Kier alpha value is -3.30. The van der Waals surface area contributed by atoms with Crippen molar-refractivity contribution in [2.75, 3.05) is 18.0 Å². The lowest BCUT2D eigenvalue weighted by Crippen LogP contribution is -2.62. The van der Waals surface area contributed by atoms with E-state index in [1.165, 1.54) is 12.3 Å². The molecule has 1 saturated heterocycles. The molecule has 2 aromatic rings. The van der Waals surface area contributed by atoms with Crippen LogP contribution in [0.15, 0.2) is 47.1 Å². The van der Waals surface area contributed by atoms with Crippen LogP contribution >= 0.6 is 0 Å². The number of fused-ring (bicyclic) bond motifs is 3. The first-order valence-corrected chi connectivity index (χ1v) is 10.7. The Morgan fingerprint density at radius 1 is 1.18 bits per heavy atom. The first kappa shape index (κ1) is 22.9. The number of rotatable bonds is 7. The van der Waals surface area contributed by atoms with Crippen LogP contribution in [0.1, 0.15) is 48.7 Å². The van der Waals surface area contributed by atoms with Crippen LogP contribution in [0.2, 0.25) is 0 Å². The Balaban J connectivity index is 1.47. The normalized spacial score (nSPS) is 20.1. The summed E-state index contributed by atoms with van der Waals surface area (Å²) in [6.07, 6.45) is -2.49. The van der Waals surface area contributed by atoms with E-state index in [0.29, 0.717) is 22.6 Å². The molecule has 0 radical (unpaired) electrons. The second kappa shape index (κ2) is 8.57. The molecule has 1 aromatic carbocycles. The number of para-hydroxylation sites is 1. The van der Waals surface area contributed by atoms with Gasteiger partial charge in [0.1, 0.15) is 18.0 Å². The summed E-state index contributed by atoms with van der Waals surface area (Å²) in [5.41, 5.74) is 0.0912. The number of furan rings is 1. The molecule has 0 bridgehead atoms. The van der Waals surface area contributed by atoms with Crippen molar-refractivity contribution in [2.45, 2.75) is 51.0 Å². The van der Waals surface area contributed by atoms with E-state index in [-0.39, 0.29) is 49.9 Å². The Kier molecular flexibility index (Phi) is 5.94. The molecule has 3 heterocycles. The molecule has 2 aliphatic heterocycles. The van der Waals surface area contributed by atoms with E-state index in [1.807, 2.05) is 0 Å². The van der Waals surface area contributed by atoms with Gasteiger partial charge in [-0.2, -0.15) is 13.2 Å². The summed E-state index contributed by atoms with van der Waals surface area (Å²) < 4.78 is 44.2. The van der Waals surface area contributed by atoms with Crippen molar-refractivity contribution in [3.05, 3.63) is 54.0 Å². The molecule has 1 atom stereocenters. The summed E-state index contributed by atoms with van der Waals surface area (Å²) >= 11 is 0. The summed E-state index contributed by atoms with van der Waals surface area (Å²) in [7, 11) is 0. The van der Waals surface area contributed by atoms with E-state index >= 15 is 0 Å². The number of amides is 3. The maximum atomic E-state index is 13.2. The first-order valence-electron chi connectivity index (χ1n) is 10.7. The molecule has 4 rings (SSSR count). The van der Waals surface area contributed by atoms with Gasteiger partial charge in [-0.25, -0.2) is 0 Å². The van der Waals surface area contributed by atoms with Crippen LogP contribution in [-0.4, -0.2) is 52.5 Å². The van der Waals surface area contributed by atoms with Crippen molar-refractivity contribution < 1.29 is 32.0 Å². The maximum absolute atomic E-state index is 13.2. The van der Waals surface area contributed by atoms with Crippen LogP contribution in [0, 0.1) is 0 Å². The molecule has 33 heavy (non-hydrogen) atoms. The van der Waals surface area contributed by atoms with Gasteiger partial charge in [0, 0.05) is 19.4 Å². The molecular formula is C23H24F3N3O4. The zero-order valence-corrected chi connectivity index (χ0v) is 18.1. The zero-order valence-electron chi connectivity index (χ0n) is 18.1. The molecular weight excluding hydrogens is 439 g/mol. The van der Waals surface area contributed by atoms with E-state index in [1.54, 1.807) is 47.1 Å². The fraction of sp³-hybridized carbons (Fsp3) is 0.435. The van der Waals surface area contributed by atoms with E-state index in [0.717, 1.165) is 0 Å². The van der Waals surface area contributed by atoms with Crippen molar-refractivity contribution in [3.63, 3.8) is 0 Å². The highest BCUT2D eigenvalue weighted by Crippen LogP contribution is 2.44. The first-order chi connectivity index (χ1) is 15.6. The van der Waals surface area contributed by atoms with Crippen LogP contribution in [0.25, 0.3) is 0 Å². The summed E-state index contributed by atoms with van der Waals surface area (Å²) in [6.45, 7) is 0.268. The second-order valence-electron chi connectivity index (χ2n) is 8.47. The van der Waals surface area contributed by atoms with Gasteiger partial charge < -0.3 is 14.2 Å². The van der Waals surface area contributed by atoms with Gasteiger partial charge in [-0.05, 0) is 44.0 Å². The van der Waals surface area contributed by atoms with Crippen LogP contribution in [0.4, 0.5) is 18.9 Å². The largest absolute Gasteiger partial charge is 0.467 e. The number of halogens is 3. The predicted octanol–water partition coefficient (Wildman–Crippen LogP) is 3.95. The zero-order chi connectivity index (χ0) is 23.8. The minimum Gasteiger partial charge on any atom is -0.467 e. The molecule has 1 aromatic heterocycles. The molecule has 7 nitrogen and oxygen atoms in total. The molecule has 0 N–H and O–H groups in total. The molecule has 0 spiro atoms. The lowest BCUT2D eigenvalue weighted by Gasteiger charge is -2.48. The third kappa shape index (κ3) is 4.46. The number of carbonyl (C=O) groups is 3. The predicted molar refractivity (Wildman–Crippen MR) is 112 cm³/mol. The van der Waals surface area contributed by atoms with Gasteiger partial charge in [0.05, 0.1) is 24.1 Å². The average molecular weight is 463 g/mol. The number of hydrogen-bond donors (Lipinski definition) is 0. The highest BCUT2D eigenvalue weighted by atomic mass is 19.4. The van der Waals surface area contributed by atoms with Crippen LogP contribution in [0.3, 0.4) is 0 Å². The highest BCUT2D eigenvalue weighted by molar-refractivity contribution is 6.10. The van der Waals surface area contributed by atoms with Crippen LogP contribution < -0.4 is 4.90 Å². The molecule has 10 heteroatoms. The summed E-state index contributed by atoms with van der Waals surface area (Å²) in [6, 6.07) is 9.91.